The zero-order chi connectivity index (χ0) is 18.4. The van der Waals surface area contributed by atoms with Gasteiger partial charge in [0.1, 0.15) is 0 Å². The van der Waals surface area contributed by atoms with E-state index in [1.807, 2.05) is 84.9 Å². The number of hydrogen-bond acceptors (Lipinski definition) is 2. The molecule has 0 aromatic heterocycles. The molecule has 0 spiro atoms. The number of benzene rings is 3. The van der Waals surface area contributed by atoms with E-state index in [9.17, 15) is 10.1 Å². The molecule has 0 N–H and O–H groups in total. The van der Waals surface area contributed by atoms with E-state index >= 15 is 0 Å². The number of ketones is 1. The van der Waals surface area contributed by atoms with Gasteiger partial charge in [-0.25, -0.2) is 0 Å². The molecule has 0 saturated carbocycles. The Hall–Kier alpha value is -2.70. The fourth-order valence-corrected chi connectivity index (χ4v) is 3.40. The number of carbonyl (C=O) groups is 1. The first-order chi connectivity index (χ1) is 12.7. The summed E-state index contributed by atoms with van der Waals surface area (Å²) in [5, 5.41) is 9.89. The summed E-state index contributed by atoms with van der Waals surface area (Å²) in [5.41, 5.74) is 2.61. The highest BCUT2D eigenvalue weighted by atomic mass is 79.9. The summed E-state index contributed by atoms with van der Waals surface area (Å²) in [7, 11) is 0. The Balaban J connectivity index is 1.96. The lowest BCUT2D eigenvalue weighted by Gasteiger charge is -2.22. The summed E-state index contributed by atoms with van der Waals surface area (Å²) in [4.78, 5) is 12.8. The minimum atomic E-state index is -0.391. The van der Waals surface area contributed by atoms with E-state index in [1.165, 1.54) is 0 Å². The Kier molecular flexibility index (Phi) is 5.99. The highest BCUT2D eigenvalue weighted by molar-refractivity contribution is 9.10. The van der Waals surface area contributed by atoms with Crippen molar-refractivity contribution in [2.24, 2.45) is 0 Å². The molecule has 0 fully saturated rings. The van der Waals surface area contributed by atoms with Gasteiger partial charge in [0.2, 0.25) is 0 Å². The van der Waals surface area contributed by atoms with Gasteiger partial charge in [0.25, 0.3) is 0 Å². The van der Waals surface area contributed by atoms with Gasteiger partial charge in [0.05, 0.1) is 12.0 Å². The number of hydrogen-bond donors (Lipinski definition) is 0. The van der Waals surface area contributed by atoms with Crippen LogP contribution >= 0.6 is 15.9 Å². The molecule has 3 aromatic rings. The molecule has 0 aliphatic carbocycles. The van der Waals surface area contributed by atoms with Gasteiger partial charge in [-0.1, -0.05) is 88.7 Å². The molecular weight excluding hydrogens is 386 g/mol. The average Bonchev–Trinajstić information content (AvgIpc) is 2.70. The Morgan fingerprint density at radius 3 is 2.00 bits per heavy atom. The van der Waals surface area contributed by atoms with Crippen LogP contribution in [0.5, 0.6) is 0 Å². The lowest BCUT2D eigenvalue weighted by molar-refractivity contribution is 0.0972. The molecule has 0 heterocycles. The molecule has 0 saturated heterocycles. The van der Waals surface area contributed by atoms with Gasteiger partial charge in [-0.15, -0.1) is 0 Å². The molecule has 2 nitrogen and oxygen atoms in total. The van der Waals surface area contributed by atoms with Crippen LogP contribution in [-0.4, -0.2) is 5.78 Å². The van der Waals surface area contributed by atoms with Crippen molar-refractivity contribution < 1.29 is 4.79 Å². The molecule has 0 radical (unpaired) electrons. The first-order valence-electron chi connectivity index (χ1n) is 8.47. The molecule has 128 valence electrons. The molecule has 3 heteroatoms. The summed E-state index contributed by atoms with van der Waals surface area (Å²) in [5.74, 6) is -0.537. The maximum absolute atomic E-state index is 12.8. The monoisotopic (exact) mass is 403 g/mol. The summed E-state index contributed by atoms with van der Waals surface area (Å²) >= 11 is 3.43. The number of carbonyl (C=O) groups excluding carboxylic acids is 1. The predicted molar refractivity (Wildman–Crippen MR) is 107 cm³/mol. The van der Waals surface area contributed by atoms with Crippen molar-refractivity contribution in [3.05, 3.63) is 106 Å². The number of halogens is 1. The van der Waals surface area contributed by atoms with E-state index in [4.69, 9.17) is 0 Å². The van der Waals surface area contributed by atoms with Crippen molar-refractivity contribution in [3.8, 4) is 6.07 Å². The van der Waals surface area contributed by atoms with Crippen molar-refractivity contribution in [2.75, 3.05) is 0 Å². The average molecular weight is 404 g/mol. The molecular formula is C23H18BrNO. The number of rotatable bonds is 6. The standard InChI is InChI=1S/C23H18BrNO/c24-20-13-11-18(12-14-20)22(16-25)21(17-7-3-1-4-8-17)15-23(26)19-9-5-2-6-10-19/h1-14,21-22H,15H2/t21-,22-/m0/s1. The van der Waals surface area contributed by atoms with E-state index in [1.54, 1.807) is 0 Å². The molecule has 0 unspecified atom stereocenters. The molecule has 3 aromatic carbocycles. The smallest absolute Gasteiger partial charge is 0.163 e. The Morgan fingerprint density at radius 2 is 1.42 bits per heavy atom. The van der Waals surface area contributed by atoms with E-state index in [2.05, 4.69) is 22.0 Å². The second-order valence-electron chi connectivity index (χ2n) is 6.17. The Morgan fingerprint density at radius 1 is 0.846 bits per heavy atom. The van der Waals surface area contributed by atoms with Gasteiger partial charge in [-0.2, -0.15) is 5.26 Å². The third kappa shape index (κ3) is 4.28. The first-order valence-corrected chi connectivity index (χ1v) is 9.26. The van der Waals surface area contributed by atoms with Crippen molar-refractivity contribution in [2.45, 2.75) is 18.3 Å². The van der Waals surface area contributed by atoms with Crippen molar-refractivity contribution >= 4 is 21.7 Å². The third-order valence-corrected chi connectivity index (χ3v) is 5.03. The molecule has 26 heavy (non-hydrogen) atoms. The van der Waals surface area contributed by atoms with Crippen LogP contribution in [0.15, 0.2) is 89.4 Å². The van der Waals surface area contributed by atoms with E-state index in [0.29, 0.717) is 12.0 Å². The van der Waals surface area contributed by atoms with Crippen LogP contribution in [0.2, 0.25) is 0 Å². The number of nitriles is 1. The highest BCUT2D eigenvalue weighted by Gasteiger charge is 2.27. The van der Waals surface area contributed by atoms with Gasteiger partial charge >= 0.3 is 0 Å². The van der Waals surface area contributed by atoms with Crippen molar-refractivity contribution in [1.29, 1.82) is 5.26 Å². The first kappa shape index (κ1) is 18.1. The highest BCUT2D eigenvalue weighted by Crippen LogP contribution is 2.36. The van der Waals surface area contributed by atoms with Crippen LogP contribution in [0.4, 0.5) is 0 Å². The lowest BCUT2D eigenvalue weighted by atomic mass is 9.78. The van der Waals surface area contributed by atoms with E-state index < -0.39 is 5.92 Å². The SMILES string of the molecule is N#C[C@@H](c1ccc(Br)cc1)[C@@H](CC(=O)c1ccccc1)c1ccccc1. The van der Waals surface area contributed by atoms with Crippen LogP contribution < -0.4 is 0 Å². The fourth-order valence-electron chi connectivity index (χ4n) is 3.14. The van der Waals surface area contributed by atoms with Crippen LogP contribution in [0.25, 0.3) is 0 Å². The fraction of sp³-hybridized carbons (Fsp3) is 0.130. The number of nitrogens with zero attached hydrogens (tertiary/aromatic N) is 1. The molecule has 0 aliphatic heterocycles. The van der Waals surface area contributed by atoms with Gasteiger partial charge in [0, 0.05) is 22.4 Å². The van der Waals surface area contributed by atoms with Gasteiger partial charge in [0.15, 0.2) is 5.78 Å². The quantitative estimate of drug-likeness (QED) is 0.465. The van der Waals surface area contributed by atoms with Crippen LogP contribution in [0, 0.1) is 11.3 Å². The van der Waals surface area contributed by atoms with E-state index in [-0.39, 0.29) is 11.7 Å². The third-order valence-electron chi connectivity index (χ3n) is 4.50. The molecule has 2 atom stereocenters. The zero-order valence-corrected chi connectivity index (χ0v) is 15.8. The van der Waals surface area contributed by atoms with Crippen LogP contribution in [0.1, 0.15) is 39.7 Å². The predicted octanol–water partition coefficient (Wildman–Crippen LogP) is 6.11. The summed E-state index contributed by atoms with van der Waals surface area (Å²) in [6.07, 6.45) is 0.294. The minimum Gasteiger partial charge on any atom is -0.294 e. The maximum Gasteiger partial charge on any atom is 0.163 e. The second-order valence-corrected chi connectivity index (χ2v) is 7.08. The van der Waals surface area contributed by atoms with Crippen LogP contribution in [0.3, 0.4) is 0 Å². The van der Waals surface area contributed by atoms with Crippen molar-refractivity contribution in [1.82, 2.24) is 0 Å². The maximum atomic E-state index is 12.8. The largest absolute Gasteiger partial charge is 0.294 e. The Bertz CT molecular complexity index is 898. The molecule has 3 rings (SSSR count). The van der Waals surface area contributed by atoms with E-state index in [0.717, 1.165) is 15.6 Å². The summed E-state index contributed by atoms with van der Waals surface area (Å²) in [6.45, 7) is 0. The van der Waals surface area contributed by atoms with Crippen LogP contribution in [-0.2, 0) is 0 Å². The second kappa shape index (κ2) is 8.60. The summed E-state index contributed by atoms with van der Waals surface area (Å²) < 4.78 is 0.967. The molecule has 0 aliphatic rings. The Labute approximate surface area is 162 Å². The van der Waals surface area contributed by atoms with Gasteiger partial charge < -0.3 is 0 Å². The molecule has 0 amide bonds. The number of Topliss-reactive ketones (excluding diaryl/α,β-unsaturated/α-hetero) is 1. The molecule has 0 bridgehead atoms. The normalized spacial score (nSPS) is 12.8. The van der Waals surface area contributed by atoms with Gasteiger partial charge in [-0.3, -0.25) is 4.79 Å². The summed E-state index contributed by atoms with van der Waals surface area (Å²) in [6, 6.07) is 29.3. The van der Waals surface area contributed by atoms with Crippen molar-refractivity contribution in [3.63, 3.8) is 0 Å². The minimum absolute atomic E-state index is 0.0526. The van der Waals surface area contributed by atoms with Gasteiger partial charge in [-0.05, 0) is 23.3 Å². The lowest BCUT2D eigenvalue weighted by Crippen LogP contribution is -2.15. The zero-order valence-electron chi connectivity index (χ0n) is 14.2. The topological polar surface area (TPSA) is 40.9 Å².